The Morgan fingerprint density at radius 2 is 2.15 bits per heavy atom. The zero-order valence-corrected chi connectivity index (χ0v) is 11.9. The first-order chi connectivity index (χ1) is 9.79. The highest BCUT2D eigenvalue weighted by molar-refractivity contribution is 5.87. The Morgan fingerprint density at radius 3 is 2.95 bits per heavy atom. The molecule has 0 atom stereocenters. The topological polar surface area (TPSA) is 32.3 Å². The summed E-state index contributed by atoms with van der Waals surface area (Å²) in [6.45, 7) is 5.01. The van der Waals surface area contributed by atoms with Crippen LogP contribution in [-0.4, -0.2) is 30.4 Å². The van der Waals surface area contributed by atoms with E-state index in [1.54, 1.807) is 6.08 Å². The summed E-state index contributed by atoms with van der Waals surface area (Å²) in [6.07, 6.45) is 4.31. The quantitative estimate of drug-likeness (QED) is 0.669. The number of hydrogen-bond donors (Lipinski definition) is 1. The van der Waals surface area contributed by atoms with E-state index in [4.69, 9.17) is 0 Å². The van der Waals surface area contributed by atoms with Gasteiger partial charge in [-0.05, 0) is 30.5 Å². The Bertz CT molecular complexity index is 552. The van der Waals surface area contributed by atoms with Gasteiger partial charge < -0.3 is 5.32 Å². The van der Waals surface area contributed by atoms with Crippen molar-refractivity contribution < 1.29 is 4.79 Å². The summed E-state index contributed by atoms with van der Waals surface area (Å²) in [5.74, 6) is 6.02. The molecule has 2 rings (SSSR count). The third-order valence-corrected chi connectivity index (χ3v) is 3.31. The lowest BCUT2D eigenvalue weighted by atomic mass is 10.0. The van der Waals surface area contributed by atoms with Gasteiger partial charge in [0.2, 0.25) is 5.91 Å². The first-order valence-corrected chi connectivity index (χ1v) is 6.95. The number of carbonyl (C=O) groups is 1. The second kappa shape index (κ2) is 7.52. The Labute approximate surface area is 120 Å². The summed E-state index contributed by atoms with van der Waals surface area (Å²) in [7, 11) is 0. The number of benzene rings is 1. The third kappa shape index (κ3) is 4.25. The predicted molar refractivity (Wildman–Crippen MR) is 81.0 cm³/mol. The lowest BCUT2D eigenvalue weighted by molar-refractivity contribution is -0.116. The van der Waals surface area contributed by atoms with Crippen LogP contribution in [0.2, 0.25) is 0 Å². The summed E-state index contributed by atoms with van der Waals surface area (Å²) >= 11 is 0. The van der Waals surface area contributed by atoms with Gasteiger partial charge in [0.1, 0.15) is 0 Å². The van der Waals surface area contributed by atoms with E-state index >= 15 is 0 Å². The minimum absolute atomic E-state index is 0.0892. The van der Waals surface area contributed by atoms with Crippen molar-refractivity contribution >= 4 is 5.91 Å². The molecule has 1 N–H and O–H groups in total. The van der Waals surface area contributed by atoms with Crippen molar-refractivity contribution in [1.82, 2.24) is 10.2 Å². The van der Waals surface area contributed by atoms with E-state index in [9.17, 15) is 4.79 Å². The second-order valence-electron chi connectivity index (χ2n) is 4.80. The molecule has 0 aromatic heterocycles. The van der Waals surface area contributed by atoms with E-state index in [-0.39, 0.29) is 5.91 Å². The van der Waals surface area contributed by atoms with Gasteiger partial charge in [-0.2, -0.15) is 0 Å². The third-order valence-electron chi connectivity index (χ3n) is 3.31. The van der Waals surface area contributed by atoms with E-state index < -0.39 is 0 Å². The first kappa shape index (κ1) is 14.4. The fourth-order valence-corrected chi connectivity index (χ4v) is 2.26. The van der Waals surface area contributed by atoms with Gasteiger partial charge in [0.25, 0.3) is 0 Å². The highest BCUT2D eigenvalue weighted by Gasteiger charge is 2.13. The molecule has 0 saturated carbocycles. The molecule has 3 nitrogen and oxygen atoms in total. The Morgan fingerprint density at radius 1 is 1.35 bits per heavy atom. The molecule has 1 aliphatic heterocycles. The van der Waals surface area contributed by atoms with Gasteiger partial charge >= 0.3 is 0 Å². The van der Waals surface area contributed by atoms with Crippen molar-refractivity contribution in [2.45, 2.75) is 19.9 Å². The molecule has 0 aliphatic carbocycles. The van der Waals surface area contributed by atoms with Crippen molar-refractivity contribution in [2.75, 3.05) is 19.6 Å². The number of allylic oxidation sites excluding steroid dienone is 1. The SMILES string of the molecule is CC=CC(=O)NCC#CCN1CCc2ccccc2C1. The highest BCUT2D eigenvalue weighted by Crippen LogP contribution is 2.17. The summed E-state index contributed by atoms with van der Waals surface area (Å²) in [6, 6.07) is 8.58. The van der Waals surface area contributed by atoms with Gasteiger partial charge in [-0.25, -0.2) is 0 Å². The average Bonchev–Trinajstić information content (AvgIpc) is 2.47. The lowest BCUT2D eigenvalue weighted by Crippen LogP contribution is -2.30. The minimum atomic E-state index is -0.0892. The van der Waals surface area contributed by atoms with E-state index in [1.165, 1.54) is 17.2 Å². The van der Waals surface area contributed by atoms with Crippen LogP contribution in [0, 0.1) is 11.8 Å². The van der Waals surface area contributed by atoms with Gasteiger partial charge in [-0.1, -0.05) is 42.2 Å². The number of fused-ring (bicyclic) bond motifs is 1. The number of hydrogen-bond acceptors (Lipinski definition) is 2. The first-order valence-electron chi connectivity index (χ1n) is 6.95. The fourth-order valence-electron chi connectivity index (χ4n) is 2.26. The second-order valence-corrected chi connectivity index (χ2v) is 4.80. The number of nitrogens with zero attached hydrogens (tertiary/aromatic N) is 1. The average molecular weight is 268 g/mol. The molecule has 1 heterocycles. The summed E-state index contributed by atoms with van der Waals surface area (Å²) in [5.41, 5.74) is 2.86. The Kier molecular flexibility index (Phi) is 5.40. The van der Waals surface area contributed by atoms with E-state index in [2.05, 4.69) is 46.3 Å². The minimum Gasteiger partial charge on any atom is -0.342 e. The summed E-state index contributed by atoms with van der Waals surface area (Å²) in [4.78, 5) is 13.5. The zero-order chi connectivity index (χ0) is 14.2. The van der Waals surface area contributed by atoms with E-state index in [0.29, 0.717) is 6.54 Å². The standard InChI is InChI=1S/C17H20N2O/c1-2-7-17(20)18-11-5-6-12-19-13-10-15-8-3-4-9-16(15)14-19/h2-4,7-9H,10-14H2,1H3,(H,18,20). The molecular formula is C17H20N2O. The van der Waals surface area contributed by atoms with E-state index in [1.807, 2.05) is 6.92 Å². The van der Waals surface area contributed by atoms with Crippen LogP contribution < -0.4 is 5.32 Å². The molecule has 1 aromatic rings. The smallest absolute Gasteiger partial charge is 0.244 e. The number of amides is 1. The maximum absolute atomic E-state index is 11.2. The molecule has 20 heavy (non-hydrogen) atoms. The van der Waals surface area contributed by atoms with Crippen LogP contribution in [0.1, 0.15) is 18.1 Å². The van der Waals surface area contributed by atoms with Crippen molar-refractivity contribution in [2.24, 2.45) is 0 Å². The molecule has 0 fully saturated rings. The Balaban J connectivity index is 1.75. The van der Waals surface area contributed by atoms with Crippen LogP contribution in [0.3, 0.4) is 0 Å². The van der Waals surface area contributed by atoms with Crippen LogP contribution in [0.25, 0.3) is 0 Å². The van der Waals surface area contributed by atoms with Crippen LogP contribution in [-0.2, 0) is 17.8 Å². The van der Waals surface area contributed by atoms with Crippen molar-refractivity contribution in [3.8, 4) is 11.8 Å². The van der Waals surface area contributed by atoms with Gasteiger partial charge in [0.05, 0.1) is 13.1 Å². The maximum Gasteiger partial charge on any atom is 0.244 e. The van der Waals surface area contributed by atoms with Crippen molar-refractivity contribution in [1.29, 1.82) is 0 Å². The lowest BCUT2D eigenvalue weighted by Gasteiger charge is -2.26. The molecule has 0 saturated heterocycles. The largest absolute Gasteiger partial charge is 0.342 e. The number of rotatable bonds is 3. The van der Waals surface area contributed by atoms with Gasteiger partial charge in [0.15, 0.2) is 0 Å². The van der Waals surface area contributed by atoms with Crippen LogP contribution in [0.15, 0.2) is 36.4 Å². The molecule has 0 radical (unpaired) electrons. The summed E-state index contributed by atoms with van der Waals surface area (Å²) in [5, 5.41) is 2.72. The van der Waals surface area contributed by atoms with Crippen LogP contribution >= 0.6 is 0 Å². The maximum atomic E-state index is 11.2. The number of nitrogens with one attached hydrogen (secondary N) is 1. The molecule has 1 aromatic carbocycles. The molecule has 104 valence electrons. The van der Waals surface area contributed by atoms with Gasteiger partial charge in [0, 0.05) is 13.1 Å². The monoisotopic (exact) mass is 268 g/mol. The molecule has 0 bridgehead atoms. The molecule has 1 amide bonds. The van der Waals surface area contributed by atoms with Crippen LogP contribution in [0.5, 0.6) is 0 Å². The van der Waals surface area contributed by atoms with E-state index in [0.717, 1.165) is 26.1 Å². The number of carbonyl (C=O) groups excluding carboxylic acids is 1. The summed E-state index contributed by atoms with van der Waals surface area (Å²) < 4.78 is 0. The Hall–Kier alpha value is -2.05. The predicted octanol–water partition coefficient (Wildman–Crippen LogP) is 1.74. The highest BCUT2D eigenvalue weighted by atomic mass is 16.1. The molecule has 0 unspecified atom stereocenters. The molecule has 0 spiro atoms. The van der Waals surface area contributed by atoms with Gasteiger partial charge in [-0.3, -0.25) is 9.69 Å². The van der Waals surface area contributed by atoms with Crippen LogP contribution in [0.4, 0.5) is 0 Å². The molecular weight excluding hydrogens is 248 g/mol. The van der Waals surface area contributed by atoms with Crippen molar-refractivity contribution in [3.05, 3.63) is 47.5 Å². The molecule has 1 aliphatic rings. The fraction of sp³-hybridized carbons (Fsp3) is 0.353. The normalized spacial score (nSPS) is 14.4. The zero-order valence-electron chi connectivity index (χ0n) is 11.9. The van der Waals surface area contributed by atoms with Crippen molar-refractivity contribution in [3.63, 3.8) is 0 Å². The van der Waals surface area contributed by atoms with Gasteiger partial charge in [-0.15, -0.1) is 0 Å². The molecule has 3 heteroatoms.